The Balaban J connectivity index is 2.06. The van der Waals surface area contributed by atoms with Gasteiger partial charge in [-0.1, -0.05) is 12.1 Å². The molecule has 1 aromatic carbocycles. The van der Waals surface area contributed by atoms with Crippen molar-refractivity contribution in [1.82, 2.24) is 10.6 Å². The molecule has 2 amide bonds. The van der Waals surface area contributed by atoms with Crippen molar-refractivity contribution in [2.24, 2.45) is 0 Å². The van der Waals surface area contributed by atoms with Gasteiger partial charge < -0.3 is 20.1 Å². The third kappa shape index (κ3) is 5.17. The van der Waals surface area contributed by atoms with E-state index in [-0.39, 0.29) is 24.5 Å². The van der Waals surface area contributed by atoms with Crippen molar-refractivity contribution in [3.05, 3.63) is 53.0 Å². The third-order valence-corrected chi connectivity index (χ3v) is 3.48. The van der Waals surface area contributed by atoms with Crippen LogP contribution < -0.4 is 10.6 Å². The van der Waals surface area contributed by atoms with Crippen LogP contribution in [0.2, 0.25) is 0 Å². The summed E-state index contributed by atoms with van der Waals surface area (Å²) in [7, 11) is 0. The lowest BCUT2D eigenvalue weighted by Crippen LogP contribution is -2.50. The number of carbonyl (C=O) groups is 3. The quantitative estimate of drug-likeness (QED) is 0.595. The van der Waals surface area contributed by atoms with Crippen LogP contribution in [0.3, 0.4) is 0 Å². The second kappa shape index (κ2) is 8.80. The molecule has 0 aromatic heterocycles. The molecule has 1 unspecified atom stereocenters. The molecule has 138 valence electrons. The second-order valence-electron chi connectivity index (χ2n) is 5.43. The van der Waals surface area contributed by atoms with Crippen molar-refractivity contribution < 1.29 is 28.2 Å². The maximum Gasteiger partial charge on any atom is 0.338 e. The molecule has 7 nitrogen and oxygen atoms in total. The van der Waals surface area contributed by atoms with Gasteiger partial charge >= 0.3 is 18.0 Å². The smallest absolute Gasteiger partial charge is 0.338 e. The van der Waals surface area contributed by atoms with Crippen molar-refractivity contribution in [3.63, 3.8) is 0 Å². The molecule has 1 aliphatic rings. The summed E-state index contributed by atoms with van der Waals surface area (Å²) < 4.78 is 23.1. The maximum absolute atomic E-state index is 13.1. The fraction of sp³-hybridized carbons (Fsp3) is 0.278. The van der Waals surface area contributed by atoms with Crippen LogP contribution >= 0.6 is 0 Å². The Morgan fingerprint density at radius 3 is 2.77 bits per heavy atom. The molecule has 0 saturated heterocycles. The number of amides is 2. The fourth-order valence-electron chi connectivity index (χ4n) is 2.36. The van der Waals surface area contributed by atoms with Gasteiger partial charge in [0.25, 0.3) is 0 Å². The number of carbonyl (C=O) groups excluding carboxylic acids is 3. The molecule has 0 aliphatic carbocycles. The zero-order valence-electron chi connectivity index (χ0n) is 14.4. The molecular formula is C18H19FN2O5. The Hall–Kier alpha value is -3.16. The van der Waals surface area contributed by atoms with Crippen LogP contribution in [-0.2, 0) is 19.1 Å². The minimum absolute atomic E-state index is 0.159. The molecule has 1 atom stereocenters. The molecule has 26 heavy (non-hydrogen) atoms. The molecule has 1 heterocycles. The zero-order chi connectivity index (χ0) is 19.1. The highest BCUT2D eigenvalue weighted by Gasteiger charge is 2.30. The van der Waals surface area contributed by atoms with E-state index >= 15 is 0 Å². The molecular weight excluding hydrogens is 343 g/mol. The van der Waals surface area contributed by atoms with Crippen LogP contribution in [0, 0.1) is 5.82 Å². The van der Waals surface area contributed by atoms with E-state index in [1.807, 2.05) is 0 Å². The van der Waals surface area contributed by atoms with Crippen molar-refractivity contribution in [2.45, 2.75) is 19.9 Å². The number of halogens is 1. The van der Waals surface area contributed by atoms with Crippen LogP contribution in [0.5, 0.6) is 0 Å². The third-order valence-electron chi connectivity index (χ3n) is 3.48. The lowest BCUT2D eigenvalue weighted by molar-refractivity contribution is -0.140. The Kier molecular flexibility index (Phi) is 6.48. The van der Waals surface area contributed by atoms with E-state index in [1.54, 1.807) is 19.9 Å². The zero-order valence-corrected chi connectivity index (χ0v) is 14.4. The van der Waals surface area contributed by atoms with Crippen LogP contribution in [0.1, 0.15) is 19.4 Å². The summed E-state index contributed by atoms with van der Waals surface area (Å²) in [5.41, 5.74) is 0.845. The highest BCUT2D eigenvalue weighted by atomic mass is 19.1. The number of rotatable bonds is 6. The first-order chi connectivity index (χ1) is 12.4. The van der Waals surface area contributed by atoms with Crippen LogP contribution in [0.4, 0.5) is 9.18 Å². The van der Waals surface area contributed by atoms with Crippen molar-refractivity contribution in [2.75, 3.05) is 13.2 Å². The number of urea groups is 1. The molecule has 2 N–H and O–H groups in total. The van der Waals surface area contributed by atoms with Gasteiger partial charge in [-0.05, 0) is 37.6 Å². The molecule has 0 bridgehead atoms. The number of ether oxygens (including phenoxy) is 2. The lowest BCUT2D eigenvalue weighted by atomic mass is 10.0. The predicted octanol–water partition coefficient (Wildman–Crippen LogP) is 1.90. The van der Waals surface area contributed by atoms with Crippen LogP contribution in [-0.4, -0.2) is 37.2 Å². The standard InChI is InChI=1S/C18H19FN2O5/c1-3-25-17(23)16-11(2)20-18(24)21-14(16)10-26-15(22)8-7-12-5-4-6-13(19)9-12/h4-9,11H,3,10H2,1-2H3,(H2,20,21,24)/b8-7+. The van der Waals surface area contributed by atoms with E-state index in [0.717, 1.165) is 6.08 Å². The number of hydrogen-bond acceptors (Lipinski definition) is 5. The molecule has 2 rings (SSSR count). The largest absolute Gasteiger partial charge is 0.463 e. The van der Waals surface area contributed by atoms with Gasteiger partial charge in [0.05, 0.1) is 23.9 Å². The monoisotopic (exact) mass is 362 g/mol. The minimum atomic E-state index is -0.703. The Bertz CT molecular complexity index is 773. The predicted molar refractivity (Wildman–Crippen MR) is 91.2 cm³/mol. The van der Waals surface area contributed by atoms with E-state index in [4.69, 9.17) is 9.47 Å². The van der Waals surface area contributed by atoms with Gasteiger partial charge in [-0.2, -0.15) is 0 Å². The first-order valence-corrected chi connectivity index (χ1v) is 7.98. The number of nitrogens with one attached hydrogen (secondary N) is 2. The van der Waals surface area contributed by atoms with Gasteiger partial charge in [0.1, 0.15) is 12.4 Å². The summed E-state index contributed by atoms with van der Waals surface area (Å²) in [6.45, 7) is 3.15. The van der Waals surface area contributed by atoms with Crippen molar-refractivity contribution in [1.29, 1.82) is 0 Å². The second-order valence-corrected chi connectivity index (χ2v) is 5.43. The number of hydrogen-bond donors (Lipinski definition) is 2. The van der Waals surface area contributed by atoms with Gasteiger partial charge in [-0.25, -0.2) is 18.8 Å². The van der Waals surface area contributed by atoms with E-state index in [1.165, 1.54) is 24.3 Å². The van der Waals surface area contributed by atoms with Gasteiger partial charge in [-0.3, -0.25) is 0 Å². The molecule has 1 aromatic rings. The Morgan fingerprint density at radius 1 is 1.31 bits per heavy atom. The molecule has 8 heteroatoms. The van der Waals surface area contributed by atoms with E-state index < -0.39 is 29.8 Å². The van der Waals surface area contributed by atoms with E-state index in [0.29, 0.717) is 5.56 Å². The normalized spacial score (nSPS) is 16.9. The summed E-state index contributed by atoms with van der Waals surface area (Å²) >= 11 is 0. The maximum atomic E-state index is 13.1. The van der Waals surface area contributed by atoms with Gasteiger partial charge in [0.2, 0.25) is 0 Å². The summed E-state index contributed by atoms with van der Waals surface area (Å²) in [6, 6.07) is 4.61. The Morgan fingerprint density at radius 2 is 2.08 bits per heavy atom. The molecule has 0 fully saturated rings. The highest BCUT2D eigenvalue weighted by molar-refractivity contribution is 5.95. The summed E-state index contributed by atoms with van der Waals surface area (Å²) in [6.07, 6.45) is 2.53. The van der Waals surface area contributed by atoms with Gasteiger partial charge in [0, 0.05) is 6.08 Å². The van der Waals surface area contributed by atoms with E-state index in [9.17, 15) is 18.8 Å². The summed E-state index contributed by atoms with van der Waals surface area (Å²) in [5, 5.41) is 4.99. The van der Waals surface area contributed by atoms with Crippen molar-refractivity contribution in [3.8, 4) is 0 Å². The molecule has 1 aliphatic heterocycles. The molecule has 0 radical (unpaired) electrons. The Labute approximate surface area is 149 Å². The average molecular weight is 362 g/mol. The topological polar surface area (TPSA) is 93.7 Å². The van der Waals surface area contributed by atoms with Gasteiger partial charge in [0.15, 0.2) is 0 Å². The fourth-order valence-corrected chi connectivity index (χ4v) is 2.36. The van der Waals surface area contributed by atoms with Crippen LogP contribution in [0.15, 0.2) is 41.6 Å². The van der Waals surface area contributed by atoms with Gasteiger partial charge in [-0.15, -0.1) is 0 Å². The van der Waals surface area contributed by atoms with Crippen LogP contribution in [0.25, 0.3) is 6.08 Å². The minimum Gasteiger partial charge on any atom is -0.463 e. The average Bonchev–Trinajstić information content (AvgIpc) is 2.57. The molecule has 0 saturated carbocycles. The number of esters is 2. The first-order valence-electron chi connectivity index (χ1n) is 7.98. The first kappa shape index (κ1) is 19.2. The van der Waals surface area contributed by atoms with E-state index in [2.05, 4.69) is 10.6 Å². The SMILES string of the molecule is CCOC(=O)C1=C(COC(=O)/C=C/c2cccc(F)c2)NC(=O)NC1C. The molecule has 0 spiro atoms. The van der Waals surface area contributed by atoms with Crippen molar-refractivity contribution >= 4 is 24.0 Å². The highest BCUT2D eigenvalue weighted by Crippen LogP contribution is 2.15. The summed E-state index contributed by atoms with van der Waals surface area (Å²) in [4.78, 5) is 35.5. The lowest BCUT2D eigenvalue weighted by Gasteiger charge is -2.26. The summed E-state index contributed by atoms with van der Waals surface area (Å²) in [5.74, 6) is -1.73. The number of benzene rings is 1.